The van der Waals surface area contributed by atoms with Crippen LogP contribution in [0.2, 0.25) is 0 Å². The topological polar surface area (TPSA) is 87.7 Å². The molecule has 0 bridgehead atoms. The Morgan fingerprint density at radius 1 is 1.09 bits per heavy atom. The minimum atomic E-state index is -4.63. The lowest BCUT2D eigenvalue weighted by Crippen LogP contribution is -2.15. The lowest BCUT2D eigenvalue weighted by Gasteiger charge is -2.10. The molecule has 0 saturated heterocycles. The average Bonchev–Trinajstić information content (AvgIpc) is 2.96. The van der Waals surface area contributed by atoms with Crippen molar-refractivity contribution in [2.75, 3.05) is 4.72 Å². The Morgan fingerprint density at radius 3 is 2.52 bits per heavy atom. The number of fused-ring (bicyclic) bond motifs is 1. The van der Waals surface area contributed by atoms with Gasteiger partial charge in [0.15, 0.2) is 0 Å². The maximum atomic E-state index is 12.5. The Bertz CT molecular complexity index is 949. The van der Waals surface area contributed by atoms with Gasteiger partial charge in [-0.25, -0.2) is 8.42 Å². The summed E-state index contributed by atoms with van der Waals surface area (Å²) >= 11 is 0. The first kappa shape index (κ1) is 15.3. The summed E-state index contributed by atoms with van der Waals surface area (Å²) in [6.45, 7) is 0. The van der Waals surface area contributed by atoms with Crippen LogP contribution in [0.3, 0.4) is 0 Å². The summed E-state index contributed by atoms with van der Waals surface area (Å²) in [5.74, 6) is 0. The van der Waals surface area contributed by atoms with Crippen LogP contribution in [-0.2, 0) is 16.2 Å². The van der Waals surface area contributed by atoms with E-state index in [1.54, 1.807) is 12.1 Å². The summed E-state index contributed by atoms with van der Waals surface area (Å²) in [5, 5.41) is 7.03. The second-order valence-corrected chi connectivity index (χ2v) is 6.30. The molecule has 0 unspecified atom stereocenters. The molecule has 0 radical (unpaired) electrons. The summed E-state index contributed by atoms with van der Waals surface area (Å²) < 4.78 is 64.2. The molecule has 120 valence electrons. The monoisotopic (exact) mass is 342 g/mol. The molecule has 0 aliphatic rings. The van der Waals surface area contributed by atoms with Crippen molar-refractivity contribution in [3.63, 3.8) is 0 Å². The van der Waals surface area contributed by atoms with Crippen molar-refractivity contribution >= 4 is 26.6 Å². The van der Waals surface area contributed by atoms with Gasteiger partial charge in [-0.2, -0.15) is 18.3 Å². The summed E-state index contributed by atoms with van der Waals surface area (Å²) in [7, 11) is -4.07. The Labute approximate surface area is 128 Å². The maximum absolute atomic E-state index is 12.5. The lowest BCUT2D eigenvalue weighted by atomic mass is 10.2. The van der Waals surface area contributed by atoms with Crippen LogP contribution < -0.4 is 4.72 Å². The van der Waals surface area contributed by atoms with Crippen LogP contribution in [0.5, 0.6) is 0 Å². The molecule has 0 atom stereocenters. The fraction of sp³-hybridized carbons (Fsp3) is 0.0769. The molecule has 3 rings (SSSR count). The van der Waals surface area contributed by atoms with E-state index in [9.17, 15) is 21.6 Å². The van der Waals surface area contributed by atoms with Crippen LogP contribution in [0.4, 0.5) is 18.9 Å². The van der Waals surface area contributed by atoms with Gasteiger partial charge in [-0.15, -0.1) is 0 Å². The number of H-pyrrole nitrogens is 1. The number of alkyl halides is 3. The number of nitrogens with one attached hydrogen (secondary N) is 2. The predicted octanol–water partition coefficient (Wildman–Crippen LogP) is 2.78. The van der Waals surface area contributed by atoms with E-state index < -0.39 is 21.9 Å². The number of aromatic nitrogens is 3. The maximum Gasteiger partial charge on any atom is 0.433 e. The molecular weight excluding hydrogens is 333 g/mol. The number of hydrogen-bond acceptors (Lipinski definition) is 4. The van der Waals surface area contributed by atoms with Crippen molar-refractivity contribution in [2.24, 2.45) is 0 Å². The number of halogens is 3. The molecule has 23 heavy (non-hydrogen) atoms. The number of hydrogen-bond donors (Lipinski definition) is 2. The Hall–Kier alpha value is -2.62. The van der Waals surface area contributed by atoms with Gasteiger partial charge >= 0.3 is 6.18 Å². The van der Waals surface area contributed by atoms with Crippen LogP contribution in [0.1, 0.15) is 5.69 Å². The van der Waals surface area contributed by atoms with E-state index in [0.717, 1.165) is 6.07 Å². The second kappa shape index (κ2) is 5.23. The molecule has 0 fully saturated rings. The molecule has 0 aliphatic heterocycles. The molecule has 0 spiro atoms. The lowest BCUT2D eigenvalue weighted by molar-refractivity contribution is -0.141. The smallest absolute Gasteiger partial charge is 0.279 e. The molecule has 2 N–H and O–H groups in total. The van der Waals surface area contributed by atoms with Crippen LogP contribution in [0.15, 0.2) is 47.6 Å². The number of anilines is 1. The van der Waals surface area contributed by atoms with E-state index in [1.807, 2.05) is 0 Å². The van der Waals surface area contributed by atoms with Gasteiger partial charge in [-0.05, 0) is 24.3 Å². The van der Waals surface area contributed by atoms with Crippen molar-refractivity contribution < 1.29 is 21.6 Å². The summed E-state index contributed by atoms with van der Waals surface area (Å²) in [4.78, 5) is 2.78. The van der Waals surface area contributed by atoms with Gasteiger partial charge in [0, 0.05) is 11.6 Å². The third-order valence-corrected chi connectivity index (χ3v) is 4.42. The first-order chi connectivity index (χ1) is 10.8. The van der Waals surface area contributed by atoms with Crippen molar-refractivity contribution in [3.05, 3.63) is 48.4 Å². The molecule has 0 aliphatic carbocycles. The zero-order valence-corrected chi connectivity index (χ0v) is 12.1. The fourth-order valence-electron chi connectivity index (χ4n) is 1.97. The molecule has 1 aromatic carbocycles. The minimum absolute atomic E-state index is 0.260. The van der Waals surface area contributed by atoms with Gasteiger partial charge in [0.05, 0.1) is 17.4 Å². The first-order valence-corrected chi connectivity index (χ1v) is 7.74. The standard InChI is InChI=1S/C13H9F3N4O2S/c14-13(15,16)12-5-4-8(6-17-12)23(21,22)20-11-3-1-2-10-9(11)7-18-19-10/h1-7,20H,(H,18,19). The number of aromatic amines is 1. The number of rotatable bonds is 3. The van der Waals surface area contributed by atoms with E-state index in [0.29, 0.717) is 23.2 Å². The van der Waals surface area contributed by atoms with Gasteiger partial charge in [0.1, 0.15) is 10.6 Å². The van der Waals surface area contributed by atoms with Gasteiger partial charge in [-0.3, -0.25) is 14.8 Å². The van der Waals surface area contributed by atoms with E-state index in [-0.39, 0.29) is 10.6 Å². The van der Waals surface area contributed by atoms with Crippen molar-refractivity contribution in [2.45, 2.75) is 11.1 Å². The van der Waals surface area contributed by atoms with Crippen molar-refractivity contribution in [1.29, 1.82) is 0 Å². The summed E-state index contributed by atoms with van der Waals surface area (Å²) in [6, 6.07) is 6.32. The molecule has 3 aromatic rings. The molecule has 2 aromatic heterocycles. The van der Waals surface area contributed by atoms with Gasteiger partial charge < -0.3 is 0 Å². The normalized spacial score (nSPS) is 12.5. The fourth-order valence-corrected chi connectivity index (χ4v) is 2.99. The summed E-state index contributed by atoms with van der Waals surface area (Å²) in [5.41, 5.74) is -0.278. The Balaban J connectivity index is 1.94. The molecule has 2 heterocycles. The zero-order chi connectivity index (χ0) is 16.7. The third kappa shape index (κ3) is 2.97. The van der Waals surface area contributed by atoms with E-state index in [2.05, 4.69) is 19.9 Å². The van der Waals surface area contributed by atoms with E-state index >= 15 is 0 Å². The van der Waals surface area contributed by atoms with Crippen LogP contribution in [0, 0.1) is 0 Å². The predicted molar refractivity (Wildman–Crippen MR) is 76.1 cm³/mol. The number of pyridine rings is 1. The highest BCUT2D eigenvalue weighted by molar-refractivity contribution is 7.92. The highest BCUT2D eigenvalue weighted by Crippen LogP contribution is 2.28. The highest BCUT2D eigenvalue weighted by atomic mass is 32.2. The molecule has 10 heteroatoms. The highest BCUT2D eigenvalue weighted by Gasteiger charge is 2.32. The van der Waals surface area contributed by atoms with Crippen molar-refractivity contribution in [1.82, 2.24) is 15.2 Å². The number of sulfonamides is 1. The first-order valence-electron chi connectivity index (χ1n) is 6.25. The van der Waals surface area contributed by atoms with Gasteiger partial charge in [-0.1, -0.05) is 6.07 Å². The van der Waals surface area contributed by atoms with Crippen LogP contribution in [0.25, 0.3) is 10.9 Å². The largest absolute Gasteiger partial charge is 0.433 e. The molecule has 6 nitrogen and oxygen atoms in total. The zero-order valence-electron chi connectivity index (χ0n) is 11.3. The second-order valence-electron chi connectivity index (χ2n) is 4.62. The molecule has 0 amide bonds. The van der Waals surface area contributed by atoms with Gasteiger partial charge in [0.25, 0.3) is 10.0 Å². The Kier molecular flexibility index (Phi) is 3.48. The SMILES string of the molecule is O=S(=O)(Nc1cccc2[nH]ncc12)c1ccc(C(F)(F)F)nc1. The number of nitrogens with zero attached hydrogens (tertiary/aromatic N) is 2. The number of benzene rings is 1. The van der Waals surface area contributed by atoms with E-state index in [4.69, 9.17) is 0 Å². The van der Waals surface area contributed by atoms with Crippen LogP contribution >= 0.6 is 0 Å². The minimum Gasteiger partial charge on any atom is -0.279 e. The summed E-state index contributed by atoms with van der Waals surface area (Å²) in [6.07, 6.45) is -2.52. The Morgan fingerprint density at radius 2 is 1.87 bits per heavy atom. The van der Waals surface area contributed by atoms with Crippen LogP contribution in [-0.4, -0.2) is 23.6 Å². The molecule has 0 saturated carbocycles. The molecular formula is C13H9F3N4O2S. The van der Waals surface area contributed by atoms with Gasteiger partial charge in [0.2, 0.25) is 0 Å². The van der Waals surface area contributed by atoms with E-state index in [1.165, 1.54) is 12.3 Å². The quantitative estimate of drug-likeness (QED) is 0.766. The third-order valence-electron chi connectivity index (χ3n) is 3.07. The average molecular weight is 342 g/mol. The van der Waals surface area contributed by atoms with Crippen molar-refractivity contribution in [3.8, 4) is 0 Å².